The lowest BCUT2D eigenvalue weighted by molar-refractivity contribution is -0.141. The molecule has 184 valence electrons. The Balaban J connectivity index is 1.27. The van der Waals surface area contributed by atoms with E-state index >= 15 is 0 Å². The van der Waals surface area contributed by atoms with Crippen LogP contribution in [0.25, 0.3) is 22.4 Å². The van der Waals surface area contributed by atoms with Crippen molar-refractivity contribution in [3.63, 3.8) is 0 Å². The number of carboxylic acids is 1. The van der Waals surface area contributed by atoms with Gasteiger partial charge in [0, 0.05) is 28.6 Å². The van der Waals surface area contributed by atoms with Crippen molar-refractivity contribution in [2.24, 2.45) is 0 Å². The van der Waals surface area contributed by atoms with E-state index in [0.717, 1.165) is 16.5 Å². The number of hydrogen-bond acceptors (Lipinski definition) is 5. The minimum Gasteiger partial charge on any atom is -0.493 e. The van der Waals surface area contributed by atoms with Gasteiger partial charge in [0.2, 0.25) is 5.89 Å². The van der Waals surface area contributed by atoms with E-state index in [4.69, 9.17) is 13.9 Å². The molecule has 0 aliphatic heterocycles. The Labute approximate surface area is 198 Å². The van der Waals surface area contributed by atoms with Crippen LogP contribution < -0.4 is 9.47 Å². The van der Waals surface area contributed by atoms with E-state index in [9.17, 15) is 23.1 Å². The number of fused-ring (bicyclic) bond motifs is 1. The van der Waals surface area contributed by atoms with Crippen LogP contribution in [0.2, 0.25) is 0 Å². The first-order valence-electron chi connectivity index (χ1n) is 10.9. The molecule has 0 spiro atoms. The highest BCUT2D eigenvalue weighted by molar-refractivity contribution is 5.88. The fourth-order valence-electron chi connectivity index (χ4n) is 3.64. The van der Waals surface area contributed by atoms with Crippen LogP contribution in [-0.2, 0) is 11.0 Å². The Morgan fingerprint density at radius 2 is 1.77 bits per heavy atom. The normalized spacial score (nSPS) is 12.6. The summed E-state index contributed by atoms with van der Waals surface area (Å²) in [6, 6.07) is 12.0. The molecule has 2 aromatic heterocycles. The van der Waals surface area contributed by atoms with E-state index in [1.807, 2.05) is 25.1 Å². The van der Waals surface area contributed by atoms with Crippen molar-refractivity contribution >= 4 is 16.9 Å². The Hall–Kier alpha value is -3.95. The summed E-state index contributed by atoms with van der Waals surface area (Å²) < 4.78 is 54.4. The molecule has 0 fully saturated rings. The lowest BCUT2D eigenvalue weighted by Gasteiger charge is -2.09. The van der Waals surface area contributed by atoms with Crippen molar-refractivity contribution in [2.75, 3.05) is 13.2 Å². The molecule has 7 nitrogen and oxygen atoms in total. The number of oxazole rings is 1. The molecule has 2 aromatic carbocycles. The SMILES string of the molecule is Cc1c(C(C)C(=O)O)[nH]c2ccc(OCCCOc3ccc(-c4nc(C(F)(F)F)co4)cc3)cc12. The van der Waals surface area contributed by atoms with Crippen LogP contribution in [0.1, 0.15) is 36.2 Å². The van der Waals surface area contributed by atoms with E-state index in [2.05, 4.69) is 9.97 Å². The maximum atomic E-state index is 12.7. The number of carbonyl (C=O) groups is 1. The average molecular weight is 488 g/mol. The zero-order valence-corrected chi connectivity index (χ0v) is 19.0. The van der Waals surface area contributed by atoms with E-state index in [-0.39, 0.29) is 5.89 Å². The number of aliphatic carboxylic acids is 1. The molecule has 0 aliphatic carbocycles. The highest BCUT2D eigenvalue weighted by Gasteiger charge is 2.34. The largest absolute Gasteiger partial charge is 0.493 e. The topological polar surface area (TPSA) is 97.6 Å². The van der Waals surface area contributed by atoms with E-state index in [1.54, 1.807) is 31.2 Å². The van der Waals surface area contributed by atoms with E-state index < -0.39 is 23.8 Å². The number of aromatic amines is 1. The Morgan fingerprint density at radius 1 is 1.11 bits per heavy atom. The predicted molar refractivity (Wildman–Crippen MR) is 122 cm³/mol. The average Bonchev–Trinajstić information content (AvgIpc) is 3.44. The molecule has 1 atom stereocenters. The van der Waals surface area contributed by atoms with Gasteiger partial charge in [0.1, 0.15) is 17.8 Å². The maximum Gasteiger partial charge on any atom is 0.436 e. The first-order valence-corrected chi connectivity index (χ1v) is 10.9. The molecule has 1 unspecified atom stereocenters. The summed E-state index contributed by atoms with van der Waals surface area (Å²) in [6.07, 6.45) is -3.37. The molecule has 0 radical (unpaired) electrons. The van der Waals surface area contributed by atoms with Crippen LogP contribution in [-0.4, -0.2) is 34.3 Å². The second-order valence-corrected chi connectivity index (χ2v) is 8.04. The summed E-state index contributed by atoms with van der Waals surface area (Å²) >= 11 is 0. The number of carboxylic acid groups (broad SMARTS) is 1. The number of H-pyrrole nitrogens is 1. The standard InChI is InChI=1S/C25H23F3N2O5/c1-14-19-12-18(8-9-20(19)29-22(14)15(2)24(31)32)34-11-3-10-33-17-6-4-16(5-7-17)23-30-21(13-35-23)25(26,27)28/h4-9,12-13,15,29H,3,10-11H2,1-2H3,(H,31,32). The van der Waals surface area contributed by atoms with E-state index in [1.165, 1.54) is 0 Å². The Morgan fingerprint density at radius 3 is 2.40 bits per heavy atom. The van der Waals surface area contributed by atoms with Crippen LogP contribution in [0.3, 0.4) is 0 Å². The molecule has 2 heterocycles. The van der Waals surface area contributed by atoms with Crippen LogP contribution in [0.5, 0.6) is 11.5 Å². The molecule has 0 aliphatic rings. The molecule has 0 bridgehead atoms. The van der Waals surface area contributed by atoms with Crippen LogP contribution in [0.4, 0.5) is 13.2 Å². The molecular formula is C25H23F3N2O5. The fraction of sp³-hybridized carbons (Fsp3) is 0.280. The first kappa shape index (κ1) is 24.2. The third-order valence-corrected chi connectivity index (χ3v) is 5.59. The molecule has 35 heavy (non-hydrogen) atoms. The lowest BCUT2D eigenvalue weighted by atomic mass is 10.0. The summed E-state index contributed by atoms with van der Waals surface area (Å²) in [5.74, 6) is -0.412. The quantitative estimate of drug-likeness (QED) is 0.273. The molecule has 4 rings (SSSR count). The number of aryl methyl sites for hydroxylation is 1. The van der Waals surface area contributed by atoms with Gasteiger partial charge in [-0.05, 0) is 61.9 Å². The second kappa shape index (κ2) is 9.73. The Bertz CT molecular complexity index is 1330. The summed E-state index contributed by atoms with van der Waals surface area (Å²) in [7, 11) is 0. The lowest BCUT2D eigenvalue weighted by Crippen LogP contribution is -2.08. The number of aromatic nitrogens is 2. The number of halogens is 3. The predicted octanol–water partition coefficient (Wildman–Crippen LogP) is 6.19. The number of rotatable bonds is 9. The molecular weight excluding hydrogens is 465 g/mol. The van der Waals surface area contributed by atoms with Gasteiger partial charge in [-0.1, -0.05) is 0 Å². The van der Waals surface area contributed by atoms with Gasteiger partial charge in [-0.3, -0.25) is 4.79 Å². The third-order valence-electron chi connectivity index (χ3n) is 5.59. The van der Waals surface area contributed by atoms with Crippen molar-refractivity contribution in [3.8, 4) is 23.0 Å². The smallest absolute Gasteiger partial charge is 0.436 e. The summed E-state index contributed by atoms with van der Waals surface area (Å²) in [5, 5.41) is 10.2. The first-order chi connectivity index (χ1) is 16.6. The number of benzene rings is 2. The fourth-order valence-corrected chi connectivity index (χ4v) is 3.64. The van der Waals surface area contributed by atoms with E-state index in [0.29, 0.717) is 48.7 Å². The van der Waals surface area contributed by atoms with Gasteiger partial charge >= 0.3 is 12.1 Å². The third kappa shape index (κ3) is 5.42. The Kier molecular flexibility index (Phi) is 6.72. The molecule has 4 aromatic rings. The minimum absolute atomic E-state index is 0.114. The minimum atomic E-state index is -4.55. The van der Waals surface area contributed by atoms with Crippen LogP contribution in [0, 0.1) is 6.92 Å². The van der Waals surface area contributed by atoms with Crippen molar-refractivity contribution in [1.29, 1.82) is 0 Å². The maximum absolute atomic E-state index is 12.7. The summed E-state index contributed by atoms with van der Waals surface area (Å²) in [4.78, 5) is 17.9. The molecule has 0 saturated carbocycles. The summed E-state index contributed by atoms with van der Waals surface area (Å²) in [5.41, 5.74) is 1.74. The second-order valence-electron chi connectivity index (χ2n) is 8.04. The van der Waals surface area contributed by atoms with Gasteiger partial charge in [0.05, 0.1) is 19.1 Å². The van der Waals surface area contributed by atoms with Crippen molar-refractivity contribution < 1.29 is 37.0 Å². The van der Waals surface area contributed by atoms with Gasteiger partial charge in [0.15, 0.2) is 5.69 Å². The highest BCUT2D eigenvalue weighted by Crippen LogP contribution is 2.32. The van der Waals surface area contributed by atoms with Crippen molar-refractivity contribution in [2.45, 2.75) is 32.4 Å². The molecule has 2 N–H and O–H groups in total. The van der Waals surface area contributed by atoms with Crippen molar-refractivity contribution in [1.82, 2.24) is 9.97 Å². The molecule has 0 saturated heterocycles. The number of ether oxygens (including phenoxy) is 2. The van der Waals surface area contributed by atoms with Gasteiger partial charge in [-0.2, -0.15) is 13.2 Å². The van der Waals surface area contributed by atoms with Crippen LogP contribution in [0.15, 0.2) is 53.1 Å². The zero-order valence-electron chi connectivity index (χ0n) is 19.0. The zero-order chi connectivity index (χ0) is 25.2. The number of hydrogen-bond donors (Lipinski definition) is 2. The number of nitrogens with zero attached hydrogens (tertiary/aromatic N) is 1. The molecule has 0 amide bonds. The number of nitrogens with one attached hydrogen (secondary N) is 1. The van der Waals surface area contributed by atoms with Crippen molar-refractivity contribution in [3.05, 3.63) is 65.7 Å². The highest BCUT2D eigenvalue weighted by atomic mass is 19.4. The van der Waals surface area contributed by atoms with Gasteiger partial charge < -0.3 is 24.0 Å². The van der Waals surface area contributed by atoms with Gasteiger partial charge in [-0.25, -0.2) is 4.98 Å². The van der Waals surface area contributed by atoms with Gasteiger partial charge in [-0.15, -0.1) is 0 Å². The molecule has 10 heteroatoms. The summed E-state index contributed by atoms with van der Waals surface area (Å²) in [6.45, 7) is 4.31. The van der Waals surface area contributed by atoms with Gasteiger partial charge in [0.25, 0.3) is 0 Å². The van der Waals surface area contributed by atoms with Crippen LogP contribution >= 0.6 is 0 Å². The number of alkyl halides is 3. The monoisotopic (exact) mass is 488 g/mol.